The van der Waals surface area contributed by atoms with Crippen molar-refractivity contribution in [3.63, 3.8) is 0 Å². The lowest BCUT2D eigenvalue weighted by Crippen LogP contribution is -2.56. The zero-order valence-corrected chi connectivity index (χ0v) is 27.4. The highest BCUT2D eigenvalue weighted by Gasteiger charge is 2.31. The van der Waals surface area contributed by atoms with Crippen LogP contribution >= 0.6 is 0 Å². The maximum Gasteiger partial charge on any atom is 0.409 e. The average molecular weight is 654 g/mol. The Morgan fingerprint density at radius 3 is 2.34 bits per heavy atom. The van der Waals surface area contributed by atoms with Gasteiger partial charge in [-0.2, -0.15) is 0 Å². The molecule has 1 aromatic carbocycles. The first-order chi connectivity index (χ1) is 22.8. The van der Waals surface area contributed by atoms with E-state index in [9.17, 15) is 24.3 Å². The zero-order valence-electron chi connectivity index (χ0n) is 27.4. The van der Waals surface area contributed by atoms with Crippen LogP contribution in [-0.2, 0) is 19.1 Å². The van der Waals surface area contributed by atoms with E-state index in [4.69, 9.17) is 14.2 Å². The summed E-state index contributed by atoms with van der Waals surface area (Å²) in [6.45, 7) is 5.69. The molecule has 1 aromatic heterocycles. The van der Waals surface area contributed by atoms with Crippen molar-refractivity contribution in [1.29, 1.82) is 0 Å². The number of carbonyl (C=O) groups excluding carboxylic acids is 3. The van der Waals surface area contributed by atoms with Gasteiger partial charge in [0.15, 0.2) is 0 Å². The third-order valence-electron chi connectivity index (χ3n) is 8.32. The molecule has 13 nitrogen and oxygen atoms in total. The minimum atomic E-state index is -1.09. The van der Waals surface area contributed by atoms with Crippen LogP contribution in [0, 0.1) is 0 Å². The number of piperidine rings is 1. The number of methoxy groups -OCH3 is 1. The minimum absolute atomic E-state index is 0.0535. The molecule has 0 spiro atoms. The van der Waals surface area contributed by atoms with Crippen LogP contribution in [0.15, 0.2) is 42.5 Å². The highest BCUT2D eigenvalue weighted by Crippen LogP contribution is 2.26. The van der Waals surface area contributed by atoms with Crippen LogP contribution in [0.3, 0.4) is 0 Å². The summed E-state index contributed by atoms with van der Waals surface area (Å²) in [6, 6.07) is 11.7. The van der Waals surface area contributed by atoms with Crippen molar-refractivity contribution in [1.82, 2.24) is 25.0 Å². The van der Waals surface area contributed by atoms with Crippen molar-refractivity contribution in [3.05, 3.63) is 48.2 Å². The summed E-state index contributed by atoms with van der Waals surface area (Å²) in [5.41, 5.74) is 1.39. The summed E-state index contributed by atoms with van der Waals surface area (Å²) < 4.78 is 16.9. The molecule has 256 valence electrons. The Kier molecular flexibility index (Phi) is 13.8. The number of amides is 3. The molecular weight excluding hydrogens is 606 g/mol. The zero-order chi connectivity index (χ0) is 33.6. The van der Waals surface area contributed by atoms with Gasteiger partial charge in [-0.15, -0.1) is 0 Å². The van der Waals surface area contributed by atoms with Gasteiger partial charge in [0.1, 0.15) is 23.6 Å². The first kappa shape index (κ1) is 35.6. The fourth-order valence-corrected chi connectivity index (χ4v) is 5.67. The topological polar surface area (TPSA) is 151 Å². The molecule has 0 saturated carbocycles. The smallest absolute Gasteiger partial charge is 0.409 e. The molecule has 1 atom stereocenters. The first-order valence-corrected chi connectivity index (χ1v) is 16.5. The van der Waals surface area contributed by atoms with Crippen molar-refractivity contribution in [2.45, 2.75) is 64.0 Å². The van der Waals surface area contributed by atoms with Gasteiger partial charge in [-0.3, -0.25) is 19.3 Å². The van der Waals surface area contributed by atoms with Crippen molar-refractivity contribution in [3.8, 4) is 17.0 Å². The highest BCUT2D eigenvalue weighted by molar-refractivity contribution is 5.97. The molecule has 13 heteroatoms. The number of carboxylic acids is 1. The number of aromatic nitrogens is 1. The van der Waals surface area contributed by atoms with Crippen LogP contribution in [0.1, 0.15) is 62.4 Å². The highest BCUT2D eigenvalue weighted by atomic mass is 16.6. The van der Waals surface area contributed by atoms with Crippen LogP contribution in [0.4, 0.5) is 4.79 Å². The second-order valence-corrected chi connectivity index (χ2v) is 11.9. The molecule has 0 aliphatic carbocycles. The standard InChI is InChI=1S/C34H47N5O8/c1-3-4-8-21-46-34(44)39-19-17-38(18-20-39)33(43)28(11-12-31(40)41)36-32(42)30-23-27(22-29(35-30)25-9-6-5-7-10-25)47-26-13-15-37(16-14-26)24-45-2/h5-7,9-10,22-23,26,28H,3-4,8,11-21,24H2,1-2H3,(H,36,42)(H,40,41)/t28-/m0/s1. The quantitative estimate of drug-likeness (QED) is 0.273. The number of nitrogens with one attached hydrogen (secondary N) is 1. The average Bonchev–Trinajstić information content (AvgIpc) is 3.09. The lowest BCUT2D eigenvalue weighted by Gasteiger charge is -2.36. The lowest BCUT2D eigenvalue weighted by atomic mass is 10.1. The number of likely N-dealkylation sites (tertiary alicyclic amines) is 1. The molecule has 0 bridgehead atoms. The van der Waals surface area contributed by atoms with E-state index < -0.39 is 29.9 Å². The lowest BCUT2D eigenvalue weighted by molar-refractivity contribution is -0.138. The SMILES string of the molecule is CCCCCOC(=O)N1CCN(C(=O)[C@H](CCC(=O)O)NC(=O)c2cc(OC3CCN(COC)CC3)cc(-c3ccccc3)n2)CC1. The molecular formula is C34H47N5O8. The van der Waals surface area contributed by atoms with Crippen molar-refractivity contribution in [2.75, 3.05) is 59.7 Å². The maximum atomic E-state index is 13.7. The minimum Gasteiger partial charge on any atom is -0.490 e. The molecule has 2 fully saturated rings. The van der Waals surface area contributed by atoms with Gasteiger partial charge in [0.05, 0.1) is 19.0 Å². The number of rotatable bonds is 15. The Labute approximate surface area is 276 Å². The normalized spacial score (nSPS) is 16.4. The van der Waals surface area contributed by atoms with Gasteiger partial charge in [0.2, 0.25) is 5.91 Å². The number of pyridine rings is 1. The predicted octanol–water partition coefficient (Wildman–Crippen LogP) is 3.63. The Hall–Kier alpha value is -4.23. The van der Waals surface area contributed by atoms with Gasteiger partial charge < -0.3 is 34.4 Å². The summed E-state index contributed by atoms with van der Waals surface area (Å²) in [6.07, 6.45) is 3.53. The number of carbonyl (C=O) groups is 4. The number of hydrogen-bond acceptors (Lipinski definition) is 9. The molecule has 0 unspecified atom stereocenters. The number of hydrogen-bond donors (Lipinski definition) is 2. The Bertz CT molecular complexity index is 1330. The Morgan fingerprint density at radius 2 is 1.68 bits per heavy atom. The van der Waals surface area contributed by atoms with Crippen LogP contribution in [0.5, 0.6) is 5.75 Å². The van der Waals surface area contributed by atoms with Gasteiger partial charge in [-0.1, -0.05) is 50.1 Å². The molecule has 2 aliphatic heterocycles. The fourth-order valence-electron chi connectivity index (χ4n) is 5.67. The second kappa shape index (κ2) is 18.2. The number of piperazine rings is 1. The molecule has 4 rings (SSSR count). The molecule has 47 heavy (non-hydrogen) atoms. The predicted molar refractivity (Wildman–Crippen MR) is 174 cm³/mol. The van der Waals surface area contributed by atoms with Crippen molar-refractivity contribution < 1.29 is 38.5 Å². The van der Waals surface area contributed by atoms with E-state index in [0.717, 1.165) is 50.8 Å². The van der Waals surface area contributed by atoms with Crippen molar-refractivity contribution in [2.24, 2.45) is 0 Å². The third-order valence-corrected chi connectivity index (χ3v) is 8.32. The molecule has 3 heterocycles. The monoisotopic (exact) mass is 653 g/mol. The maximum absolute atomic E-state index is 13.7. The van der Waals surface area contributed by atoms with Gasteiger partial charge >= 0.3 is 12.1 Å². The summed E-state index contributed by atoms with van der Waals surface area (Å²) in [5.74, 6) is -1.61. The van der Waals surface area contributed by atoms with E-state index in [1.54, 1.807) is 29.0 Å². The molecule has 2 aliphatic rings. The van der Waals surface area contributed by atoms with Gasteiger partial charge in [-0.05, 0) is 25.7 Å². The fraction of sp³-hybridized carbons (Fsp3) is 0.559. The number of aliphatic carboxylic acids is 1. The summed E-state index contributed by atoms with van der Waals surface area (Å²) >= 11 is 0. The van der Waals surface area contributed by atoms with Crippen LogP contribution in [0.2, 0.25) is 0 Å². The number of carboxylic acid groups (broad SMARTS) is 1. The Balaban J connectivity index is 1.46. The second-order valence-electron chi connectivity index (χ2n) is 11.9. The summed E-state index contributed by atoms with van der Waals surface area (Å²) in [7, 11) is 1.67. The van der Waals surface area contributed by atoms with Crippen LogP contribution in [-0.4, -0.2) is 121 Å². The number of ether oxygens (including phenoxy) is 3. The van der Waals surface area contributed by atoms with E-state index in [2.05, 4.69) is 22.1 Å². The van der Waals surface area contributed by atoms with E-state index in [-0.39, 0.29) is 50.8 Å². The summed E-state index contributed by atoms with van der Waals surface area (Å²) in [5, 5.41) is 12.1. The van der Waals surface area contributed by atoms with E-state index in [1.807, 2.05) is 30.3 Å². The van der Waals surface area contributed by atoms with E-state index in [0.29, 0.717) is 24.8 Å². The molecule has 3 amide bonds. The van der Waals surface area contributed by atoms with Gasteiger partial charge in [-0.25, -0.2) is 9.78 Å². The van der Waals surface area contributed by atoms with Crippen LogP contribution in [0.25, 0.3) is 11.3 Å². The number of nitrogens with zero attached hydrogens (tertiary/aromatic N) is 4. The molecule has 2 saturated heterocycles. The van der Waals surface area contributed by atoms with Gasteiger partial charge in [0, 0.05) is 70.5 Å². The first-order valence-electron chi connectivity index (χ1n) is 16.5. The van der Waals surface area contributed by atoms with Crippen molar-refractivity contribution >= 4 is 23.9 Å². The van der Waals surface area contributed by atoms with E-state index in [1.165, 1.54) is 0 Å². The Morgan fingerprint density at radius 1 is 0.979 bits per heavy atom. The number of unbranched alkanes of at least 4 members (excludes halogenated alkanes) is 2. The number of benzene rings is 1. The molecule has 2 aromatic rings. The van der Waals surface area contributed by atoms with Gasteiger partial charge in [0.25, 0.3) is 5.91 Å². The van der Waals surface area contributed by atoms with Crippen LogP contribution < -0.4 is 10.1 Å². The largest absolute Gasteiger partial charge is 0.490 e. The third kappa shape index (κ3) is 10.9. The molecule has 0 radical (unpaired) electrons. The molecule has 2 N–H and O–H groups in total. The van der Waals surface area contributed by atoms with E-state index >= 15 is 0 Å². The summed E-state index contributed by atoms with van der Waals surface area (Å²) in [4.78, 5) is 61.1.